The highest BCUT2D eigenvalue weighted by Gasteiger charge is 2.37. The molecule has 0 aliphatic carbocycles. The van der Waals surface area contributed by atoms with Crippen molar-refractivity contribution in [1.82, 2.24) is 0 Å². The maximum atomic E-state index is 11.6. The number of hydrogen-bond donors (Lipinski definition) is 0. The lowest BCUT2D eigenvalue weighted by Gasteiger charge is -2.40. The summed E-state index contributed by atoms with van der Waals surface area (Å²) in [5, 5.41) is 0.736. The van der Waals surface area contributed by atoms with Gasteiger partial charge in [0.05, 0.1) is 18.8 Å². The second kappa shape index (κ2) is 12.9. The monoisotopic (exact) mass is 460 g/mol. The van der Waals surface area contributed by atoms with Gasteiger partial charge in [0, 0.05) is 24.3 Å². The summed E-state index contributed by atoms with van der Waals surface area (Å²) in [7, 11) is 0. The first-order valence-corrected chi connectivity index (χ1v) is 12.1. The van der Waals surface area contributed by atoms with Crippen molar-refractivity contribution in [3.05, 3.63) is 64.2 Å². The normalized spacial score (nSPS) is 22.5. The van der Waals surface area contributed by atoms with Crippen LogP contribution >= 0.6 is 11.6 Å². The molecule has 0 aromatic heterocycles. The zero-order valence-corrected chi connectivity index (χ0v) is 20.9. The summed E-state index contributed by atoms with van der Waals surface area (Å²) in [5.41, 5.74) is 3.29. The number of ether oxygens (including phenoxy) is 3. The van der Waals surface area contributed by atoms with Crippen LogP contribution in [0.4, 0.5) is 0 Å². The average molecular weight is 461 g/mol. The van der Waals surface area contributed by atoms with Crippen LogP contribution in [0.2, 0.25) is 5.02 Å². The van der Waals surface area contributed by atoms with E-state index in [1.54, 1.807) is 0 Å². The van der Waals surface area contributed by atoms with Crippen molar-refractivity contribution in [2.75, 3.05) is 6.61 Å². The molecule has 0 saturated carbocycles. The van der Waals surface area contributed by atoms with Crippen LogP contribution in [0.15, 0.2) is 42.5 Å². The SMILES string of the molecule is CC.CCOc1ccc(Cc2cc(C3CC(OC(C)=O)[C@H](C)C(CC)O3)ccc2Cl)cc1. The van der Waals surface area contributed by atoms with Crippen LogP contribution in [0, 0.1) is 5.92 Å². The van der Waals surface area contributed by atoms with Crippen LogP contribution in [0.3, 0.4) is 0 Å². The quantitative estimate of drug-likeness (QED) is 0.411. The van der Waals surface area contributed by atoms with E-state index in [1.807, 2.05) is 45.0 Å². The van der Waals surface area contributed by atoms with E-state index in [0.717, 1.165) is 34.7 Å². The Kier molecular flexibility index (Phi) is 10.5. The van der Waals surface area contributed by atoms with Crippen molar-refractivity contribution >= 4 is 17.6 Å². The van der Waals surface area contributed by atoms with Gasteiger partial charge in [-0.1, -0.05) is 63.6 Å². The Labute approximate surface area is 198 Å². The van der Waals surface area contributed by atoms with E-state index in [4.69, 9.17) is 25.8 Å². The first-order chi connectivity index (χ1) is 15.4. The molecule has 32 heavy (non-hydrogen) atoms. The highest BCUT2D eigenvalue weighted by atomic mass is 35.5. The highest BCUT2D eigenvalue weighted by molar-refractivity contribution is 6.31. The van der Waals surface area contributed by atoms with Crippen molar-refractivity contribution in [3.63, 3.8) is 0 Å². The van der Waals surface area contributed by atoms with Gasteiger partial charge in [-0.2, -0.15) is 0 Å². The predicted octanol–water partition coefficient (Wildman–Crippen LogP) is 7.16. The molecule has 2 aromatic carbocycles. The first-order valence-electron chi connectivity index (χ1n) is 11.7. The molecule has 1 fully saturated rings. The molecule has 1 aliphatic rings. The second-order valence-corrected chi connectivity index (χ2v) is 8.33. The Morgan fingerprint density at radius 3 is 2.41 bits per heavy atom. The third-order valence-electron chi connectivity index (χ3n) is 5.75. The second-order valence-electron chi connectivity index (χ2n) is 7.92. The van der Waals surface area contributed by atoms with Gasteiger partial charge < -0.3 is 14.2 Å². The molecule has 0 spiro atoms. The fourth-order valence-corrected chi connectivity index (χ4v) is 4.31. The molecule has 3 rings (SSSR count). The average Bonchev–Trinajstić information content (AvgIpc) is 2.79. The number of rotatable bonds is 7. The zero-order valence-electron chi connectivity index (χ0n) is 20.2. The summed E-state index contributed by atoms with van der Waals surface area (Å²) >= 11 is 6.51. The Hall–Kier alpha value is -2.04. The Morgan fingerprint density at radius 1 is 1.12 bits per heavy atom. The van der Waals surface area contributed by atoms with Crippen LogP contribution < -0.4 is 4.74 Å². The van der Waals surface area contributed by atoms with Gasteiger partial charge in [0.15, 0.2) is 0 Å². The maximum Gasteiger partial charge on any atom is 0.302 e. The van der Waals surface area contributed by atoms with Crippen LogP contribution in [0.5, 0.6) is 5.75 Å². The molecule has 1 aliphatic heterocycles. The van der Waals surface area contributed by atoms with E-state index >= 15 is 0 Å². The molecule has 0 bridgehead atoms. The number of carbonyl (C=O) groups excluding carboxylic acids is 1. The van der Waals surface area contributed by atoms with Gasteiger partial charge in [-0.25, -0.2) is 0 Å². The number of hydrogen-bond acceptors (Lipinski definition) is 4. The summed E-state index contributed by atoms with van der Waals surface area (Å²) in [6.07, 6.45) is 2.05. The van der Waals surface area contributed by atoms with Crippen molar-refractivity contribution in [2.45, 2.75) is 79.1 Å². The van der Waals surface area contributed by atoms with E-state index in [1.165, 1.54) is 12.5 Å². The van der Waals surface area contributed by atoms with E-state index in [-0.39, 0.29) is 30.2 Å². The van der Waals surface area contributed by atoms with E-state index < -0.39 is 0 Å². The first kappa shape index (κ1) is 26.2. The van der Waals surface area contributed by atoms with E-state index in [0.29, 0.717) is 13.0 Å². The maximum absolute atomic E-state index is 11.6. The van der Waals surface area contributed by atoms with Crippen LogP contribution in [0.1, 0.15) is 77.2 Å². The van der Waals surface area contributed by atoms with Gasteiger partial charge in [-0.3, -0.25) is 4.79 Å². The smallest absolute Gasteiger partial charge is 0.302 e. The Morgan fingerprint density at radius 2 is 1.81 bits per heavy atom. The summed E-state index contributed by atoms with van der Waals surface area (Å²) in [4.78, 5) is 11.6. The molecule has 0 amide bonds. The molecule has 1 heterocycles. The van der Waals surface area contributed by atoms with Crippen LogP contribution in [-0.2, 0) is 20.7 Å². The lowest BCUT2D eigenvalue weighted by molar-refractivity contribution is -0.173. The molecular formula is C27H37ClO4. The highest BCUT2D eigenvalue weighted by Crippen LogP contribution is 2.38. The van der Waals surface area contributed by atoms with Gasteiger partial charge >= 0.3 is 5.97 Å². The van der Waals surface area contributed by atoms with E-state index in [2.05, 4.69) is 32.0 Å². The Bertz CT molecular complexity index is 849. The third-order valence-corrected chi connectivity index (χ3v) is 6.12. The minimum absolute atomic E-state index is 0.0540. The lowest BCUT2D eigenvalue weighted by atomic mass is 9.86. The molecule has 4 nitrogen and oxygen atoms in total. The predicted molar refractivity (Wildman–Crippen MR) is 130 cm³/mol. The summed E-state index contributed by atoms with van der Waals surface area (Å²) in [6, 6.07) is 14.2. The van der Waals surface area contributed by atoms with Crippen molar-refractivity contribution in [3.8, 4) is 5.75 Å². The summed E-state index contributed by atoms with van der Waals surface area (Å²) < 4.78 is 17.5. The van der Waals surface area contributed by atoms with Crippen LogP contribution in [0.25, 0.3) is 0 Å². The fourth-order valence-electron chi connectivity index (χ4n) is 4.13. The fraction of sp³-hybridized carbons (Fsp3) is 0.519. The number of carbonyl (C=O) groups is 1. The molecule has 1 saturated heterocycles. The van der Waals surface area contributed by atoms with Crippen molar-refractivity contribution in [2.24, 2.45) is 5.92 Å². The van der Waals surface area contributed by atoms with Gasteiger partial charge in [-0.15, -0.1) is 0 Å². The molecule has 3 unspecified atom stereocenters. The summed E-state index contributed by atoms with van der Waals surface area (Å²) in [5.74, 6) is 0.799. The molecular weight excluding hydrogens is 424 g/mol. The zero-order chi connectivity index (χ0) is 23.7. The molecule has 2 aromatic rings. The lowest BCUT2D eigenvalue weighted by Crippen LogP contribution is -2.41. The topological polar surface area (TPSA) is 44.8 Å². The van der Waals surface area contributed by atoms with Gasteiger partial charge in [0.1, 0.15) is 11.9 Å². The minimum Gasteiger partial charge on any atom is -0.494 e. The molecule has 176 valence electrons. The summed E-state index contributed by atoms with van der Waals surface area (Å²) in [6.45, 7) is 12.3. The molecule has 0 radical (unpaired) electrons. The standard InChI is InChI=1S/C25H31ClO4.C2H6/c1-5-23-16(3)24(29-17(4)27)15-25(30-23)19-9-12-22(26)20(14-19)13-18-7-10-21(11-8-18)28-6-2;1-2/h7-12,14,16,23-25H,5-6,13,15H2,1-4H3;1-2H3/t16-,23?,24?,25?;/m1./s1. The number of benzene rings is 2. The third kappa shape index (κ3) is 6.98. The minimum atomic E-state index is -0.241. The number of esters is 1. The molecule has 0 N–H and O–H groups in total. The van der Waals surface area contributed by atoms with Gasteiger partial charge in [0.25, 0.3) is 0 Å². The van der Waals surface area contributed by atoms with Gasteiger partial charge in [-0.05, 0) is 54.7 Å². The molecule has 4 atom stereocenters. The number of halogens is 1. The van der Waals surface area contributed by atoms with Crippen molar-refractivity contribution in [1.29, 1.82) is 0 Å². The largest absolute Gasteiger partial charge is 0.494 e. The van der Waals surface area contributed by atoms with Crippen LogP contribution in [-0.4, -0.2) is 24.8 Å². The van der Waals surface area contributed by atoms with E-state index in [9.17, 15) is 4.79 Å². The Balaban J connectivity index is 0.00000176. The van der Waals surface area contributed by atoms with Crippen molar-refractivity contribution < 1.29 is 19.0 Å². The van der Waals surface area contributed by atoms with Gasteiger partial charge in [0.2, 0.25) is 0 Å². The molecule has 5 heteroatoms.